The Balaban J connectivity index is 0.000000845. The van der Waals surface area contributed by atoms with Gasteiger partial charge in [-0.25, -0.2) is 0 Å². The van der Waals surface area contributed by atoms with Crippen LogP contribution >= 0.6 is 12.4 Å². The molecule has 2 aliphatic rings. The Morgan fingerprint density at radius 3 is 2.69 bits per heavy atom. The van der Waals surface area contributed by atoms with Gasteiger partial charge in [0.2, 0.25) is 0 Å². The van der Waals surface area contributed by atoms with E-state index in [1.54, 1.807) is 0 Å². The molecule has 1 saturated carbocycles. The molecule has 0 amide bonds. The first-order chi connectivity index (χ1) is 5.79. The van der Waals surface area contributed by atoms with Crippen molar-refractivity contribution in [3.63, 3.8) is 0 Å². The van der Waals surface area contributed by atoms with Crippen LogP contribution in [0.3, 0.4) is 0 Å². The molecule has 1 saturated heterocycles. The van der Waals surface area contributed by atoms with Gasteiger partial charge in [0.15, 0.2) is 0 Å². The molecule has 1 heterocycles. The fourth-order valence-electron chi connectivity index (χ4n) is 2.63. The highest BCUT2D eigenvalue weighted by Crippen LogP contribution is 2.35. The van der Waals surface area contributed by atoms with Crippen LogP contribution < -0.4 is 5.32 Å². The number of carboxylic acid groups (broad SMARTS) is 1. The molecule has 0 spiro atoms. The summed E-state index contributed by atoms with van der Waals surface area (Å²) in [7, 11) is 0. The van der Waals surface area contributed by atoms with Crippen LogP contribution in [0.2, 0.25) is 0 Å². The van der Waals surface area contributed by atoms with Crippen molar-refractivity contribution in [2.24, 2.45) is 11.8 Å². The zero-order chi connectivity index (χ0) is 8.55. The number of carbonyl (C=O) groups is 1. The molecule has 1 aliphatic carbocycles. The molecular formula is C9H16ClNO2. The summed E-state index contributed by atoms with van der Waals surface area (Å²) in [6, 6.07) is -0.254. The number of hydrogen-bond donors (Lipinski definition) is 2. The number of rotatable bonds is 1. The summed E-state index contributed by atoms with van der Waals surface area (Å²) >= 11 is 0. The molecule has 2 fully saturated rings. The van der Waals surface area contributed by atoms with Crippen molar-refractivity contribution in [2.75, 3.05) is 6.54 Å². The predicted molar refractivity (Wildman–Crippen MR) is 52.1 cm³/mol. The van der Waals surface area contributed by atoms with E-state index >= 15 is 0 Å². The Morgan fingerprint density at radius 2 is 2.00 bits per heavy atom. The second kappa shape index (κ2) is 4.29. The number of carboxylic acids is 1. The molecule has 0 bridgehead atoms. The fourth-order valence-corrected chi connectivity index (χ4v) is 2.63. The van der Waals surface area contributed by atoms with Gasteiger partial charge in [-0.2, -0.15) is 0 Å². The molecule has 1 aliphatic heterocycles. The van der Waals surface area contributed by atoms with Crippen LogP contribution in [0.15, 0.2) is 0 Å². The average molecular weight is 206 g/mol. The lowest BCUT2D eigenvalue weighted by atomic mass is 9.78. The molecule has 3 atom stereocenters. The number of nitrogens with one attached hydrogen (secondary N) is 1. The first-order valence-corrected chi connectivity index (χ1v) is 4.75. The van der Waals surface area contributed by atoms with E-state index in [-0.39, 0.29) is 18.4 Å². The Hall–Kier alpha value is -0.280. The SMILES string of the molecule is Cl.O=C(O)C1NCC2CCCCC21. The maximum Gasteiger partial charge on any atom is 0.320 e. The highest BCUT2D eigenvalue weighted by Gasteiger charge is 2.40. The van der Waals surface area contributed by atoms with Gasteiger partial charge in [-0.15, -0.1) is 12.4 Å². The maximum absolute atomic E-state index is 10.8. The molecular weight excluding hydrogens is 190 g/mol. The van der Waals surface area contributed by atoms with E-state index in [0.29, 0.717) is 11.8 Å². The monoisotopic (exact) mass is 205 g/mol. The van der Waals surface area contributed by atoms with Crippen molar-refractivity contribution in [2.45, 2.75) is 31.7 Å². The summed E-state index contributed by atoms with van der Waals surface area (Å²) < 4.78 is 0. The van der Waals surface area contributed by atoms with Gasteiger partial charge < -0.3 is 10.4 Å². The van der Waals surface area contributed by atoms with E-state index in [0.717, 1.165) is 13.0 Å². The van der Waals surface area contributed by atoms with Gasteiger partial charge in [0.05, 0.1) is 0 Å². The van der Waals surface area contributed by atoms with E-state index in [9.17, 15) is 4.79 Å². The molecule has 76 valence electrons. The van der Waals surface area contributed by atoms with Gasteiger partial charge in [0.1, 0.15) is 6.04 Å². The first-order valence-electron chi connectivity index (χ1n) is 4.75. The summed E-state index contributed by atoms with van der Waals surface area (Å²) in [5, 5.41) is 12.0. The van der Waals surface area contributed by atoms with Crippen LogP contribution in [0, 0.1) is 11.8 Å². The normalized spacial score (nSPS) is 37.7. The van der Waals surface area contributed by atoms with Crippen molar-refractivity contribution in [1.82, 2.24) is 5.32 Å². The van der Waals surface area contributed by atoms with Gasteiger partial charge in [-0.05, 0) is 31.2 Å². The molecule has 2 N–H and O–H groups in total. The average Bonchev–Trinajstić information content (AvgIpc) is 2.47. The van der Waals surface area contributed by atoms with Gasteiger partial charge in [0.25, 0.3) is 0 Å². The molecule has 3 nitrogen and oxygen atoms in total. The molecule has 3 unspecified atom stereocenters. The van der Waals surface area contributed by atoms with E-state index < -0.39 is 5.97 Å². The number of aliphatic carboxylic acids is 1. The molecule has 0 aromatic rings. The van der Waals surface area contributed by atoms with Crippen molar-refractivity contribution >= 4 is 18.4 Å². The summed E-state index contributed by atoms with van der Waals surface area (Å²) in [5.41, 5.74) is 0. The van der Waals surface area contributed by atoms with E-state index in [4.69, 9.17) is 5.11 Å². The summed E-state index contributed by atoms with van der Waals surface area (Å²) in [5.74, 6) is 0.389. The third kappa shape index (κ3) is 1.97. The van der Waals surface area contributed by atoms with Crippen LogP contribution in [0.1, 0.15) is 25.7 Å². The Bertz CT molecular complexity index is 198. The second-order valence-electron chi connectivity index (χ2n) is 3.93. The number of hydrogen-bond acceptors (Lipinski definition) is 2. The Labute approximate surface area is 84.3 Å². The van der Waals surface area contributed by atoms with Gasteiger partial charge in [0, 0.05) is 0 Å². The second-order valence-corrected chi connectivity index (χ2v) is 3.93. The third-order valence-electron chi connectivity index (χ3n) is 3.26. The molecule has 2 rings (SSSR count). The van der Waals surface area contributed by atoms with Crippen LogP contribution in [0.25, 0.3) is 0 Å². The van der Waals surface area contributed by atoms with Crippen molar-refractivity contribution in [1.29, 1.82) is 0 Å². The van der Waals surface area contributed by atoms with Crippen LogP contribution in [0.5, 0.6) is 0 Å². The zero-order valence-electron chi connectivity index (χ0n) is 7.53. The lowest BCUT2D eigenvalue weighted by Crippen LogP contribution is -2.36. The Morgan fingerprint density at radius 1 is 1.31 bits per heavy atom. The summed E-state index contributed by atoms with van der Waals surface area (Å²) in [6.45, 7) is 0.918. The van der Waals surface area contributed by atoms with Gasteiger partial charge in [-0.3, -0.25) is 4.79 Å². The smallest absolute Gasteiger partial charge is 0.320 e. The lowest BCUT2D eigenvalue weighted by Gasteiger charge is -2.26. The highest BCUT2D eigenvalue weighted by molar-refractivity contribution is 5.85. The maximum atomic E-state index is 10.8. The van der Waals surface area contributed by atoms with Crippen LogP contribution in [-0.4, -0.2) is 23.7 Å². The first kappa shape index (κ1) is 10.8. The third-order valence-corrected chi connectivity index (χ3v) is 3.26. The van der Waals surface area contributed by atoms with E-state index in [1.165, 1.54) is 19.3 Å². The molecule has 0 radical (unpaired) electrons. The Kier molecular flexibility index (Phi) is 3.56. The zero-order valence-corrected chi connectivity index (χ0v) is 8.35. The van der Waals surface area contributed by atoms with Gasteiger partial charge in [-0.1, -0.05) is 12.8 Å². The van der Waals surface area contributed by atoms with Crippen molar-refractivity contribution < 1.29 is 9.90 Å². The topological polar surface area (TPSA) is 49.3 Å². The fraction of sp³-hybridized carbons (Fsp3) is 0.889. The lowest BCUT2D eigenvalue weighted by molar-refractivity contribution is -0.140. The number of fused-ring (bicyclic) bond motifs is 1. The van der Waals surface area contributed by atoms with E-state index in [1.807, 2.05) is 0 Å². The molecule has 0 aromatic carbocycles. The highest BCUT2D eigenvalue weighted by atomic mass is 35.5. The van der Waals surface area contributed by atoms with E-state index in [2.05, 4.69) is 5.32 Å². The molecule has 13 heavy (non-hydrogen) atoms. The minimum Gasteiger partial charge on any atom is -0.480 e. The quantitative estimate of drug-likeness (QED) is 0.678. The summed E-state index contributed by atoms with van der Waals surface area (Å²) in [6.07, 6.45) is 4.83. The van der Waals surface area contributed by atoms with Crippen molar-refractivity contribution in [3.8, 4) is 0 Å². The minimum absolute atomic E-state index is 0. The minimum atomic E-state index is -0.663. The van der Waals surface area contributed by atoms with Crippen molar-refractivity contribution in [3.05, 3.63) is 0 Å². The summed E-state index contributed by atoms with van der Waals surface area (Å²) in [4.78, 5) is 10.8. The predicted octanol–water partition coefficient (Wildman–Crippen LogP) is 1.27. The molecule has 4 heteroatoms. The van der Waals surface area contributed by atoms with Crippen LogP contribution in [0.4, 0.5) is 0 Å². The molecule has 0 aromatic heterocycles. The number of halogens is 1. The van der Waals surface area contributed by atoms with Crippen LogP contribution in [-0.2, 0) is 4.79 Å². The van der Waals surface area contributed by atoms with Gasteiger partial charge >= 0.3 is 5.97 Å². The largest absolute Gasteiger partial charge is 0.480 e. The standard InChI is InChI=1S/C9H15NO2.ClH/c11-9(12)8-7-4-2-1-3-6(7)5-10-8;/h6-8,10H,1-5H2,(H,11,12);1H.